The number of unbranched alkanes of at least 4 members (excludes halogenated alkanes) is 1. The molecular weight excluding hydrogens is 172 g/mol. The Morgan fingerprint density at radius 1 is 1.36 bits per heavy atom. The number of hydrogen-bond donors (Lipinski definition) is 1. The van der Waals surface area contributed by atoms with Crippen molar-refractivity contribution in [2.24, 2.45) is 4.99 Å². The second-order valence-corrected chi connectivity index (χ2v) is 3.27. The zero-order valence-corrected chi connectivity index (χ0v) is 8.53. The Bertz CT molecular complexity index is 301. The standard InChI is InChI=1S/C12H16N2/c1-11(13)14-10-6-5-9-12-7-3-2-4-8-12/h2-4,7-8,10,13H,5-6,9H2,1H3. The molecule has 1 aromatic rings. The normalized spacial score (nSPS) is 10.6. The van der Waals surface area contributed by atoms with Crippen molar-refractivity contribution in [3.8, 4) is 0 Å². The van der Waals surface area contributed by atoms with Crippen LogP contribution >= 0.6 is 0 Å². The van der Waals surface area contributed by atoms with Gasteiger partial charge >= 0.3 is 0 Å². The smallest absolute Gasteiger partial charge is 0.116 e. The molecule has 14 heavy (non-hydrogen) atoms. The van der Waals surface area contributed by atoms with E-state index in [1.54, 1.807) is 6.92 Å². The minimum Gasteiger partial charge on any atom is -0.287 e. The Kier molecular flexibility index (Phi) is 4.62. The molecule has 0 aliphatic rings. The first-order chi connectivity index (χ1) is 6.79. The van der Waals surface area contributed by atoms with Crippen molar-refractivity contribution in [1.82, 2.24) is 0 Å². The lowest BCUT2D eigenvalue weighted by Gasteiger charge is -1.97. The van der Waals surface area contributed by atoms with Crippen LogP contribution in [0.1, 0.15) is 25.3 Å². The van der Waals surface area contributed by atoms with Crippen LogP contribution in [0.2, 0.25) is 0 Å². The highest BCUT2D eigenvalue weighted by molar-refractivity contribution is 5.84. The molecule has 1 rings (SSSR count). The number of rotatable bonds is 4. The molecule has 1 N–H and O–H groups in total. The van der Waals surface area contributed by atoms with Crippen LogP contribution in [-0.4, -0.2) is 12.1 Å². The average molecular weight is 188 g/mol. The van der Waals surface area contributed by atoms with E-state index in [4.69, 9.17) is 5.41 Å². The summed E-state index contributed by atoms with van der Waals surface area (Å²) in [6, 6.07) is 10.4. The van der Waals surface area contributed by atoms with Gasteiger partial charge in [-0.25, -0.2) is 4.99 Å². The Balaban J connectivity index is 2.19. The first-order valence-electron chi connectivity index (χ1n) is 4.90. The summed E-state index contributed by atoms with van der Waals surface area (Å²) < 4.78 is 0. The van der Waals surface area contributed by atoms with Crippen molar-refractivity contribution in [2.75, 3.05) is 0 Å². The minimum atomic E-state index is 0.379. The van der Waals surface area contributed by atoms with Gasteiger partial charge in [-0.1, -0.05) is 30.3 Å². The molecule has 2 nitrogen and oxygen atoms in total. The van der Waals surface area contributed by atoms with Gasteiger partial charge in [-0.2, -0.15) is 0 Å². The molecule has 0 amide bonds. The van der Waals surface area contributed by atoms with Crippen molar-refractivity contribution in [1.29, 1.82) is 5.41 Å². The maximum absolute atomic E-state index is 7.10. The number of aliphatic imine (C=N–C) groups is 1. The Labute approximate surface area is 85.2 Å². The summed E-state index contributed by atoms with van der Waals surface area (Å²) in [4.78, 5) is 3.91. The number of aryl methyl sites for hydroxylation is 1. The van der Waals surface area contributed by atoms with Crippen LogP contribution < -0.4 is 0 Å². The predicted molar refractivity (Wildman–Crippen MR) is 61.3 cm³/mol. The molecule has 0 fully saturated rings. The molecule has 0 aliphatic carbocycles. The van der Waals surface area contributed by atoms with Gasteiger partial charge in [0.25, 0.3) is 0 Å². The summed E-state index contributed by atoms with van der Waals surface area (Å²) in [7, 11) is 0. The second kappa shape index (κ2) is 6.08. The first-order valence-corrected chi connectivity index (χ1v) is 4.90. The summed E-state index contributed by atoms with van der Waals surface area (Å²) in [5.74, 6) is 0.379. The lowest BCUT2D eigenvalue weighted by molar-refractivity contribution is 0.874. The highest BCUT2D eigenvalue weighted by atomic mass is 14.8. The predicted octanol–water partition coefficient (Wildman–Crippen LogP) is 3.08. The van der Waals surface area contributed by atoms with E-state index in [2.05, 4.69) is 29.3 Å². The maximum Gasteiger partial charge on any atom is 0.116 e. The number of benzene rings is 1. The molecule has 74 valence electrons. The minimum absolute atomic E-state index is 0.379. The van der Waals surface area contributed by atoms with Gasteiger partial charge in [-0.3, -0.25) is 5.41 Å². The average Bonchev–Trinajstić information content (AvgIpc) is 2.18. The van der Waals surface area contributed by atoms with Crippen LogP contribution in [0.15, 0.2) is 35.3 Å². The third-order valence-electron chi connectivity index (χ3n) is 1.93. The first kappa shape index (κ1) is 10.6. The number of nitrogens with one attached hydrogen (secondary N) is 1. The van der Waals surface area contributed by atoms with Gasteiger partial charge in [0, 0.05) is 6.21 Å². The Morgan fingerprint density at radius 2 is 2.07 bits per heavy atom. The van der Waals surface area contributed by atoms with E-state index in [1.807, 2.05) is 12.3 Å². The maximum atomic E-state index is 7.10. The van der Waals surface area contributed by atoms with Gasteiger partial charge in [0.05, 0.1) is 0 Å². The van der Waals surface area contributed by atoms with Crippen molar-refractivity contribution in [2.45, 2.75) is 26.2 Å². The van der Waals surface area contributed by atoms with E-state index in [0.717, 1.165) is 19.3 Å². The van der Waals surface area contributed by atoms with Crippen LogP contribution in [0.25, 0.3) is 0 Å². The largest absolute Gasteiger partial charge is 0.287 e. The van der Waals surface area contributed by atoms with E-state index in [0.29, 0.717) is 5.84 Å². The van der Waals surface area contributed by atoms with Crippen molar-refractivity contribution < 1.29 is 0 Å². The molecule has 0 atom stereocenters. The van der Waals surface area contributed by atoms with Crippen molar-refractivity contribution in [3.05, 3.63) is 35.9 Å². The van der Waals surface area contributed by atoms with Gasteiger partial charge in [0.15, 0.2) is 0 Å². The second-order valence-electron chi connectivity index (χ2n) is 3.27. The summed E-state index contributed by atoms with van der Waals surface area (Å²) in [6.07, 6.45) is 4.96. The van der Waals surface area contributed by atoms with Gasteiger partial charge in [0.1, 0.15) is 5.84 Å². The molecule has 0 unspecified atom stereocenters. The molecule has 0 saturated heterocycles. The SMILES string of the molecule is CC(=N)N=CCCCc1ccccc1. The summed E-state index contributed by atoms with van der Waals surface area (Å²) in [5.41, 5.74) is 1.37. The van der Waals surface area contributed by atoms with Gasteiger partial charge in [-0.05, 0) is 31.7 Å². The zero-order valence-electron chi connectivity index (χ0n) is 8.53. The van der Waals surface area contributed by atoms with Crippen LogP contribution in [-0.2, 0) is 6.42 Å². The fraction of sp³-hybridized carbons (Fsp3) is 0.333. The lowest BCUT2D eigenvalue weighted by Crippen LogP contribution is -1.87. The van der Waals surface area contributed by atoms with Crippen molar-refractivity contribution in [3.63, 3.8) is 0 Å². The lowest BCUT2D eigenvalue weighted by atomic mass is 10.1. The Morgan fingerprint density at radius 3 is 2.71 bits per heavy atom. The van der Waals surface area contributed by atoms with E-state index >= 15 is 0 Å². The number of hydrogen-bond acceptors (Lipinski definition) is 1. The highest BCUT2D eigenvalue weighted by Crippen LogP contribution is 2.03. The van der Waals surface area contributed by atoms with Gasteiger partial charge in [-0.15, -0.1) is 0 Å². The van der Waals surface area contributed by atoms with Crippen LogP contribution in [0.5, 0.6) is 0 Å². The molecule has 0 saturated carbocycles. The molecule has 0 aliphatic heterocycles. The topological polar surface area (TPSA) is 36.2 Å². The molecule has 0 heterocycles. The third-order valence-corrected chi connectivity index (χ3v) is 1.93. The quantitative estimate of drug-likeness (QED) is 0.428. The van der Waals surface area contributed by atoms with E-state index < -0.39 is 0 Å². The molecule has 1 aromatic carbocycles. The van der Waals surface area contributed by atoms with E-state index in [9.17, 15) is 0 Å². The number of nitrogens with zero attached hydrogens (tertiary/aromatic N) is 1. The van der Waals surface area contributed by atoms with E-state index in [1.165, 1.54) is 5.56 Å². The van der Waals surface area contributed by atoms with E-state index in [-0.39, 0.29) is 0 Å². The summed E-state index contributed by atoms with van der Waals surface area (Å²) in [5, 5.41) is 7.10. The number of amidine groups is 1. The third kappa shape index (κ3) is 4.55. The fourth-order valence-electron chi connectivity index (χ4n) is 1.24. The summed E-state index contributed by atoms with van der Waals surface area (Å²) >= 11 is 0. The zero-order chi connectivity index (χ0) is 10.2. The van der Waals surface area contributed by atoms with Gasteiger partial charge in [0.2, 0.25) is 0 Å². The fourth-order valence-corrected chi connectivity index (χ4v) is 1.24. The highest BCUT2D eigenvalue weighted by Gasteiger charge is 1.89. The Hall–Kier alpha value is -1.44. The molecular formula is C12H16N2. The molecule has 0 aromatic heterocycles. The van der Waals surface area contributed by atoms with Crippen molar-refractivity contribution >= 4 is 12.1 Å². The monoisotopic (exact) mass is 188 g/mol. The molecule has 2 heteroatoms. The van der Waals surface area contributed by atoms with Crippen LogP contribution in [0.3, 0.4) is 0 Å². The van der Waals surface area contributed by atoms with Crippen LogP contribution in [0, 0.1) is 5.41 Å². The molecule has 0 bridgehead atoms. The van der Waals surface area contributed by atoms with Gasteiger partial charge < -0.3 is 0 Å². The molecule has 0 spiro atoms. The summed E-state index contributed by atoms with van der Waals surface area (Å²) in [6.45, 7) is 1.69. The van der Waals surface area contributed by atoms with Crippen LogP contribution in [0.4, 0.5) is 0 Å². The molecule has 0 radical (unpaired) electrons.